The van der Waals surface area contributed by atoms with Gasteiger partial charge in [0.2, 0.25) is 11.8 Å². The molecule has 1 aromatic rings. The maximum absolute atomic E-state index is 11.7. The molecule has 0 aromatic heterocycles. The molecule has 1 aromatic carbocycles. The third-order valence-electron chi connectivity index (χ3n) is 2.22. The number of amides is 2. The van der Waals surface area contributed by atoms with Crippen molar-refractivity contribution in [2.45, 2.75) is 12.5 Å². The van der Waals surface area contributed by atoms with Gasteiger partial charge in [-0.25, -0.2) is 5.43 Å². The summed E-state index contributed by atoms with van der Waals surface area (Å²) in [5, 5.41) is 3.11. The fourth-order valence-electron chi connectivity index (χ4n) is 1.40. The van der Waals surface area contributed by atoms with Gasteiger partial charge in [-0.1, -0.05) is 23.7 Å². The Labute approximate surface area is 97.1 Å². The second-order valence-electron chi connectivity index (χ2n) is 3.42. The van der Waals surface area contributed by atoms with Crippen LogP contribution in [0.25, 0.3) is 0 Å². The van der Waals surface area contributed by atoms with Crippen molar-refractivity contribution < 1.29 is 9.59 Å². The fraction of sp³-hybridized carbons (Fsp3) is 0.200. The molecule has 5 nitrogen and oxygen atoms in total. The van der Waals surface area contributed by atoms with Gasteiger partial charge in [0, 0.05) is 0 Å². The van der Waals surface area contributed by atoms with Crippen molar-refractivity contribution in [3.63, 3.8) is 0 Å². The molecule has 0 bridgehead atoms. The van der Waals surface area contributed by atoms with E-state index in [-0.39, 0.29) is 18.2 Å². The lowest BCUT2D eigenvalue weighted by Crippen LogP contribution is -2.39. The zero-order valence-electron chi connectivity index (χ0n) is 8.29. The highest BCUT2D eigenvalue weighted by Gasteiger charge is 2.27. The number of hydrogen-bond donors (Lipinski definition) is 3. The van der Waals surface area contributed by atoms with Gasteiger partial charge in [-0.05, 0) is 12.1 Å². The summed E-state index contributed by atoms with van der Waals surface area (Å²) < 4.78 is 0. The SMILES string of the molecule is O=C1CC(C(=O)Nc2ccccc2Cl)NN1. The van der Waals surface area contributed by atoms with Gasteiger partial charge < -0.3 is 5.32 Å². The molecule has 2 rings (SSSR count). The van der Waals surface area contributed by atoms with E-state index in [0.717, 1.165) is 0 Å². The third-order valence-corrected chi connectivity index (χ3v) is 2.55. The van der Waals surface area contributed by atoms with Crippen LogP contribution in [-0.2, 0) is 9.59 Å². The molecule has 2 amide bonds. The summed E-state index contributed by atoms with van der Waals surface area (Å²) in [4.78, 5) is 22.6. The molecule has 0 spiro atoms. The first-order valence-corrected chi connectivity index (χ1v) is 5.14. The predicted octanol–water partition coefficient (Wildman–Crippen LogP) is 0.672. The molecule has 1 aliphatic rings. The number of rotatable bonds is 2. The summed E-state index contributed by atoms with van der Waals surface area (Å²) in [5.74, 6) is -0.481. The highest BCUT2D eigenvalue weighted by Crippen LogP contribution is 2.20. The molecule has 0 saturated carbocycles. The summed E-state index contributed by atoms with van der Waals surface area (Å²) in [6.07, 6.45) is 0.135. The number of nitrogens with one attached hydrogen (secondary N) is 3. The molecule has 0 radical (unpaired) electrons. The molecule has 1 heterocycles. The first kappa shape index (κ1) is 10.9. The Morgan fingerprint density at radius 3 is 2.81 bits per heavy atom. The van der Waals surface area contributed by atoms with Crippen molar-refractivity contribution in [1.29, 1.82) is 0 Å². The number of hydrogen-bond acceptors (Lipinski definition) is 3. The number of carbonyl (C=O) groups excluding carboxylic acids is 2. The van der Waals surface area contributed by atoms with E-state index < -0.39 is 6.04 Å². The first-order valence-electron chi connectivity index (χ1n) is 4.76. The van der Waals surface area contributed by atoms with Gasteiger partial charge in [-0.15, -0.1) is 0 Å². The van der Waals surface area contributed by atoms with Gasteiger partial charge in [0.05, 0.1) is 17.1 Å². The monoisotopic (exact) mass is 239 g/mol. The van der Waals surface area contributed by atoms with Gasteiger partial charge in [-0.2, -0.15) is 0 Å². The molecule has 1 aliphatic heterocycles. The lowest BCUT2D eigenvalue weighted by Gasteiger charge is -2.10. The number of hydrazine groups is 1. The maximum Gasteiger partial charge on any atom is 0.243 e. The molecule has 0 aliphatic carbocycles. The molecular weight excluding hydrogens is 230 g/mol. The van der Waals surface area contributed by atoms with E-state index >= 15 is 0 Å². The summed E-state index contributed by atoms with van der Waals surface area (Å²) in [6.45, 7) is 0. The molecule has 1 atom stereocenters. The van der Waals surface area contributed by atoms with Crippen LogP contribution in [0.5, 0.6) is 0 Å². The van der Waals surface area contributed by atoms with Crippen LogP contribution in [0.15, 0.2) is 24.3 Å². The van der Waals surface area contributed by atoms with Gasteiger partial charge in [0.1, 0.15) is 6.04 Å². The van der Waals surface area contributed by atoms with Crippen LogP contribution in [0.1, 0.15) is 6.42 Å². The Bertz CT molecular complexity index is 436. The number of anilines is 1. The molecule has 1 unspecified atom stereocenters. The largest absolute Gasteiger partial charge is 0.323 e. The van der Waals surface area contributed by atoms with Gasteiger partial charge in [0.25, 0.3) is 0 Å². The number of benzene rings is 1. The summed E-state index contributed by atoms with van der Waals surface area (Å²) in [6, 6.07) is 6.38. The van der Waals surface area contributed by atoms with Crippen LogP contribution in [0.4, 0.5) is 5.69 Å². The smallest absolute Gasteiger partial charge is 0.243 e. The molecule has 3 N–H and O–H groups in total. The standard InChI is InChI=1S/C10H10ClN3O2/c11-6-3-1-2-4-7(6)12-10(16)8-5-9(15)14-13-8/h1-4,8,13H,5H2,(H,12,16)(H,14,15). The molecule has 84 valence electrons. The molecule has 6 heteroatoms. The van der Waals surface area contributed by atoms with Gasteiger partial charge >= 0.3 is 0 Å². The van der Waals surface area contributed by atoms with E-state index in [0.29, 0.717) is 10.7 Å². The van der Waals surface area contributed by atoms with Crippen LogP contribution in [0.3, 0.4) is 0 Å². The van der Waals surface area contributed by atoms with E-state index in [1.54, 1.807) is 24.3 Å². The second kappa shape index (κ2) is 4.51. The third kappa shape index (κ3) is 2.32. The number of carbonyl (C=O) groups is 2. The Morgan fingerprint density at radius 2 is 2.19 bits per heavy atom. The number of para-hydroxylation sites is 1. The van der Waals surface area contributed by atoms with Crippen molar-refractivity contribution in [2.24, 2.45) is 0 Å². The second-order valence-corrected chi connectivity index (χ2v) is 3.83. The minimum Gasteiger partial charge on any atom is -0.323 e. The van der Waals surface area contributed by atoms with Gasteiger partial charge in [-0.3, -0.25) is 15.0 Å². The van der Waals surface area contributed by atoms with Gasteiger partial charge in [0.15, 0.2) is 0 Å². The van der Waals surface area contributed by atoms with E-state index in [2.05, 4.69) is 16.2 Å². The van der Waals surface area contributed by atoms with Crippen LogP contribution in [0.2, 0.25) is 5.02 Å². The molecule has 1 saturated heterocycles. The average Bonchev–Trinajstić information content (AvgIpc) is 2.68. The minimum absolute atomic E-state index is 0.135. The van der Waals surface area contributed by atoms with E-state index in [9.17, 15) is 9.59 Å². The van der Waals surface area contributed by atoms with E-state index in [1.807, 2.05) is 0 Å². The summed E-state index contributed by atoms with van der Waals surface area (Å²) in [5.41, 5.74) is 5.50. The Kier molecular flexibility index (Phi) is 3.07. The number of halogens is 1. The fourth-order valence-corrected chi connectivity index (χ4v) is 1.58. The minimum atomic E-state index is -0.552. The average molecular weight is 240 g/mol. The van der Waals surface area contributed by atoms with Crippen molar-refractivity contribution in [3.8, 4) is 0 Å². The normalized spacial score (nSPS) is 19.3. The van der Waals surface area contributed by atoms with Crippen molar-refractivity contribution >= 4 is 29.1 Å². The van der Waals surface area contributed by atoms with E-state index in [1.165, 1.54) is 0 Å². The van der Waals surface area contributed by atoms with Crippen LogP contribution < -0.4 is 16.2 Å². The lowest BCUT2D eigenvalue weighted by atomic mass is 10.2. The Morgan fingerprint density at radius 1 is 1.44 bits per heavy atom. The quantitative estimate of drug-likeness (QED) is 0.711. The first-order chi connectivity index (χ1) is 7.66. The van der Waals surface area contributed by atoms with Crippen molar-refractivity contribution in [3.05, 3.63) is 29.3 Å². The van der Waals surface area contributed by atoms with E-state index in [4.69, 9.17) is 11.6 Å². The maximum atomic E-state index is 11.7. The van der Waals surface area contributed by atoms with Crippen LogP contribution in [0, 0.1) is 0 Å². The van der Waals surface area contributed by atoms with Crippen molar-refractivity contribution in [1.82, 2.24) is 10.9 Å². The molecular formula is C10H10ClN3O2. The topological polar surface area (TPSA) is 70.2 Å². The van der Waals surface area contributed by atoms with Crippen LogP contribution in [-0.4, -0.2) is 17.9 Å². The highest BCUT2D eigenvalue weighted by atomic mass is 35.5. The zero-order valence-corrected chi connectivity index (χ0v) is 9.04. The Hall–Kier alpha value is -1.59. The Balaban J connectivity index is 2.03. The lowest BCUT2D eigenvalue weighted by molar-refractivity contribution is -0.121. The van der Waals surface area contributed by atoms with Crippen molar-refractivity contribution in [2.75, 3.05) is 5.32 Å². The molecule has 1 fully saturated rings. The highest BCUT2D eigenvalue weighted by molar-refractivity contribution is 6.33. The molecule has 16 heavy (non-hydrogen) atoms. The van der Waals surface area contributed by atoms with Crippen LogP contribution >= 0.6 is 11.6 Å². The summed E-state index contributed by atoms with van der Waals surface area (Å²) in [7, 11) is 0. The predicted molar refractivity (Wildman–Crippen MR) is 59.8 cm³/mol. The summed E-state index contributed by atoms with van der Waals surface area (Å²) >= 11 is 5.89. The zero-order chi connectivity index (χ0) is 11.5.